The Morgan fingerprint density at radius 2 is 2.00 bits per heavy atom. The molecule has 0 spiro atoms. The molecule has 0 bridgehead atoms. The van der Waals surface area contributed by atoms with Crippen LogP contribution in [-0.2, 0) is 16.3 Å². The van der Waals surface area contributed by atoms with Gasteiger partial charge in [0.1, 0.15) is 5.82 Å². The summed E-state index contributed by atoms with van der Waals surface area (Å²) in [5, 5.41) is 13.6. The van der Waals surface area contributed by atoms with E-state index in [1.165, 1.54) is 6.07 Å². The smallest absolute Gasteiger partial charge is 0.317 e. The molecule has 1 aromatic carbocycles. The predicted molar refractivity (Wildman–Crippen MR) is 101 cm³/mol. The van der Waals surface area contributed by atoms with E-state index < -0.39 is 15.4 Å². The number of amides is 2. The van der Waals surface area contributed by atoms with Gasteiger partial charge in [-0.25, -0.2) is 17.6 Å². The Balaban J connectivity index is 1.47. The van der Waals surface area contributed by atoms with Crippen molar-refractivity contribution in [2.45, 2.75) is 37.7 Å². The van der Waals surface area contributed by atoms with Gasteiger partial charge in [0.15, 0.2) is 9.84 Å². The molecule has 0 aliphatic carbocycles. The molecule has 2 aliphatic rings. The molecule has 0 radical (unpaired) electrons. The summed E-state index contributed by atoms with van der Waals surface area (Å²) in [6.07, 6.45) is 2.45. The third-order valence-corrected chi connectivity index (χ3v) is 7.45. The van der Waals surface area contributed by atoms with Crippen molar-refractivity contribution in [2.24, 2.45) is 5.92 Å². The number of likely N-dealkylation sites (tertiary alicyclic amines) is 1. The monoisotopic (exact) mass is 398 g/mol. The van der Waals surface area contributed by atoms with Crippen LogP contribution in [0.2, 0.25) is 0 Å². The third-order valence-electron chi connectivity index (χ3n) is 5.56. The summed E-state index contributed by atoms with van der Waals surface area (Å²) in [5.41, 5.74) is -0.535. The van der Waals surface area contributed by atoms with Gasteiger partial charge < -0.3 is 15.3 Å². The highest BCUT2D eigenvalue weighted by Crippen LogP contribution is 2.27. The van der Waals surface area contributed by atoms with Gasteiger partial charge in [-0.05, 0) is 43.2 Å². The van der Waals surface area contributed by atoms with E-state index in [0.29, 0.717) is 44.5 Å². The van der Waals surface area contributed by atoms with Crippen molar-refractivity contribution in [3.8, 4) is 0 Å². The lowest BCUT2D eigenvalue weighted by Crippen LogP contribution is -2.51. The summed E-state index contributed by atoms with van der Waals surface area (Å²) in [7, 11) is -2.98. The highest BCUT2D eigenvalue weighted by molar-refractivity contribution is 7.91. The lowest BCUT2D eigenvalue weighted by Gasteiger charge is -2.38. The van der Waals surface area contributed by atoms with Gasteiger partial charge >= 0.3 is 6.03 Å². The molecule has 2 aliphatic heterocycles. The summed E-state index contributed by atoms with van der Waals surface area (Å²) in [6, 6.07) is 6.19. The molecule has 2 amide bonds. The van der Waals surface area contributed by atoms with E-state index >= 15 is 0 Å². The average molecular weight is 399 g/mol. The van der Waals surface area contributed by atoms with Crippen molar-refractivity contribution >= 4 is 15.9 Å². The lowest BCUT2D eigenvalue weighted by molar-refractivity contribution is -0.0122. The Hall–Kier alpha value is -1.67. The first-order valence-electron chi connectivity index (χ1n) is 9.45. The van der Waals surface area contributed by atoms with Crippen molar-refractivity contribution < 1.29 is 22.7 Å². The highest BCUT2D eigenvalue weighted by atomic mass is 32.2. The molecular formula is C19H27FN2O4S. The van der Waals surface area contributed by atoms with Gasteiger partial charge in [-0.1, -0.05) is 18.2 Å². The minimum absolute atomic E-state index is 0.0320. The van der Waals surface area contributed by atoms with Gasteiger partial charge in [-0.15, -0.1) is 0 Å². The Kier molecular flexibility index (Phi) is 6.05. The minimum Gasteiger partial charge on any atom is -0.389 e. The minimum atomic E-state index is -2.98. The number of hydrogen-bond acceptors (Lipinski definition) is 4. The Morgan fingerprint density at radius 3 is 2.67 bits per heavy atom. The molecule has 1 unspecified atom stereocenters. The maximum absolute atomic E-state index is 13.8. The van der Waals surface area contributed by atoms with Gasteiger partial charge in [0.2, 0.25) is 0 Å². The number of rotatable bonds is 4. The first kappa shape index (κ1) is 20.1. The summed E-state index contributed by atoms with van der Waals surface area (Å²) in [5.74, 6) is 0.0174. The number of hydrogen-bond donors (Lipinski definition) is 2. The number of piperidine rings is 1. The lowest BCUT2D eigenvalue weighted by atomic mass is 9.85. The molecular weight excluding hydrogens is 371 g/mol. The number of carbonyl (C=O) groups is 1. The largest absolute Gasteiger partial charge is 0.389 e. The van der Waals surface area contributed by atoms with Gasteiger partial charge in [-0.2, -0.15) is 0 Å². The van der Waals surface area contributed by atoms with Gasteiger partial charge in [0.25, 0.3) is 0 Å². The Labute approximate surface area is 159 Å². The van der Waals surface area contributed by atoms with E-state index in [2.05, 4.69) is 5.32 Å². The standard InChI is InChI=1S/C19H27FN2O4S/c20-17-6-2-1-5-16(17)12-19(24)7-9-22(10-8-19)18(23)21-13-15-4-3-11-27(25,26)14-15/h1-2,5-6,15,24H,3-4,7-14H2,(H,21,23). The number of aliphatic hydroxyl groups is 1. The van der Waals surface area contributed by atoms with Crippen molar-refractivity contribution in [1.82, 2.24) is 10.2 Å². The zero-order chi connectivity index (χ0) is 19.5. The molecule has 0 saturated carbocycles. The second-order valence-electron chi connectivity index (χ2n) is 7.79. The zero-order valence-electron chi connectivity index (χ0n) is 15.4. The molecule has 1 atom stereocenters. The SMILES string of the molecule is O=C(NCC1CCCS(=O)(=O)C1)N1CCC(O)(Cc2ccccc2F)CC1. The summed E-state index contributed by atoms with van der Waals surface area (Å²) >= 11 is 0. The van der Waals surface area contributed by atoms with Crippen LogP contribution in [0.5, 0.6) is 0 Å². The van der Waals surface area contributed by atoms with Crippen molar-refractivity contribution in [3.63, 3.8) is 0 Å². The predicted octanol–water partition coefficient (Wildman–Crippen LogP) is 1.73. The molecule has 2 saturated heterocycles. The third kappa shape index (κ3) is 5.42. The van der Waals surface area contributed by atoms with Crippen LogP contribution in [-0.4, -0.2) is 61.2 Å². The topological polar surface area (TPSA) is 86.7 Å². The zero-order valence-corrected chi connectivity index (χ0v) is 16.2. The first-order chi connectivity index (χ1) is 12.8. The number of benzene rings is 1. The highest BCUT2D eigenvalue weighted by Gasteiger charge is 2.35. The van der Waals surface area contributed by atoms with Gasteiger partial charge in [0.05, 0.1) is 17.1 Å². The molecule has 2 heterocycles. The van der Waals surface area contributed by atoms with Crippen LogP contribution in [0.3, 0.4) is 0 Å². The average Bonchev–Trinajstić information content (AvgIpc) is 2.61. The number of urea groups is 1. The molecule has 8 heteroatoms. The molecule has 6 nitrogen and oxygen atoms in total. The number of carbonyl (C=O) groups excluding carboxylic acids is 1. The fraction of sp³-hybridized carbons (Fsp3) is 0.632. The number of halogens is 1. The van der Waals surface area contributed by atoms with Crippen LogP contribution >= 0.6 is 0 Å². The van der Waals surface area contributed by atoms with E-state index in [1.54, 1.807) is 23.1 Å². The van der Waals surface area contributed by atoms with E-state index in [4.69, 9.17) is 0 Å². The van der Waals surface area contributed by atoms with Crippen LogP contribution in [0.4, 0.5) is 9.18 Å². The fourth-order valence-corrected chi connectivity index (χ4v) is 5.70. The molecule has 150 valence electrons. The van der Waals surface area contributed by atoms with Crippen LogP contribution in [0.25, 0.3) is 0 Å². The molecule has 0 aromatic heterocycles. The van der Waals surface area contributed by atoms with E-state index in [1.807, 2.05) is 0 Å². The second kappa shape index (κ2) is 8.14. The Bertz CT molecular complexity index is 776. The number of nitrogens with zero attached hydrogens (tertiary/aromatic N) is 1. The van der Waals surface area contributed by atoms with E-state index in [9.17, 15) is 22.7 Å². The van der Waals surface area contributed by atoms with Crippen LogP contribution in [0.15, 0.2) is 24.3 Å². The molecule has 1 aromatic rings. The summed E-state index contributed by atoms with van der Waals surface area (Å²) < 4.78 is 37.2. The van der Waals surface area contributed by atoms with Crippen LogP contribution in [0.1, 0.15) is 31.2 Å². The molecule has 27 heavy (non-hydrogen) atoms. The Morgan fingerprint density at radius 1 is 1.30 bits per heavy atom. The quantitative estimate of drug-likeness (QED) is 0.809. The first-order valence-corrected chi connectivity index (χ1v) is 11.3. The number of nitrogens with one attached hydrogen (secondary N) is 1. The maximum Gasteiger partial charge on any atom is 0.317 e. The molecule has 2 fully saturated rings. The van der Waals surface area contributed by atoms with Gasteiger partial charge in [0, 0.05) is 26.1 Å². The van der Waals surface area contributed by atoms with Crippen molar-refractivity contribution in [2.75, 3.05) is 31.1 Å². The normalized spacial score (nSPS) is 24.4. The molecule has 3 rings (SSSR count). The fourth-order valence-electron chi connectivity index (χ4n) is 3.92. The van der Waals surface area contributed by atoms with Crippen LogP contribution < -0.4 is 5.32 Å². The van der Waals surface area contributed by atoms with E-state index in [0.717, 1.165) is 6.42 Å². The van der Waals surface area contributed by atoms with Crippen molar-refractivity contribution in [1.29, 1.82) is 0 Å². The second-order valence-corrected chi connectivity index (χ2v) is 10.0. The summed E-state index contributed by atoms with van der Waals surface area (Å²) in [6.45, 7) is 1.13. The van der Waals surface area contributed by atoms with Crippen molar-refractivity contribution in [3.05, 3.63) is 35.6 Å². The van der Waals surface area contributed by atoms with Crippen LogP contribution in [0, 0.1) is 11.7 Å². The van der Waals surface area contributed by atoms with E-state index in [-0.39, 0.29) is 35.7 Å². The summed E-state index contributed by atoms with van der Waals surface area (Å²) in [4.78, 5) is 14.0. The maximum atomic E-state index is 13.8. The van der Waals surface area contributed by atoms with Gasteiger partial charge in [-0.3, -0.25) is 0 Å². The number of sulfone groups is 1. The molecule has 2 N–H and O–H groups in total.